The molecule has 0 aliphatic rings. The maximum Gasteiger partial charge on any atom is 0.291 e. The van der Waals surface area contributed by atoms with E-state index in [0.717, 1.165) is 22.4 Å². The molecule has 2 aromatic carbocycles. The maximum atomic E-state index is 13.8. The second-order valence-corrected chi connectivity index (χ2v) is 5.87. The lowest BCUT2D eigenvalue weighted by Gasteiger charge is -2.11. The number of amides is 1. The highest BCUT2D eigenvalue weighted by molar-refractivity contribution is 6.03. The van der Waals surface area contributed by atoms with Crippen molar-refractivity contribution >= 4 is 11.6 Å². The Morgan fingerprint density at radius 3 is 2.33 bits per heavy atom. The molecule has 3 nitrogen and oxygen atoms in total. The molecule has 1 aromatic heterocycles. The molecule has 122 valence electrons. The Morgan fingerprint density at radius 2 is 1.67 bits per heavy atom. The molecule has 0 spiro atoms. The number of anilines is 1. The van der Waals surface area contributed by atoms with Crippen LogP contribution in [0.3, 0.4) is 0 Å². The second kappa shape index (κ2) is 6.32. The summed E-state index contributed by atoms with van der Waals surface area (Å²) in [5, 5.41) is 2.87. The van der Waals surface area contributed by atoms with Crippen molar-refractivity contribution in [3.05, 3.63) is 76.8 Å². The summed E-state index contributed by atoms with van der Waals surface area (Å²) in [7, 11) is 0. The van der Waals surface area contributed by atoms with E-state index in [9.17, 15) is 9.18 Å². The number of hydrogen-bond donors (Lipinski definition) is 1. The minimum atomic E-state index is -0.385. The van der Waals surface area contributed by atoms with E-state index in [4.69, 9.17) is 4.42 Å². The summed E-state index contributed by atoms with van der Waals surface area (Å²) in [6.07, 6.45) is 0. The third-order valence-corrected chi connectivity index (χ3v) is 3.88. The zero-order valence-corrected chi connectivity index (χ0v) is 13.8. The number of rotatable bonds is 3. The van der Waals surface area contributed by atoms with Crippen LogP contribution in [0.5, 0.6) is 0 Å². The average molecular weight is 323 g/mol. The maximum absolute atomic E-state index is 13.8. The van der Waals surface area contributed by atoms with Crippen LogP contribution in [0.4, 0.5) is 10.1 Å². The quantitative estimate of drug-likeness (QED) is 0.714. The van der Waals surface area contributed by atoms with Gasteiger partial charge in [0.2, 0.25) is 0 Å². The highest BCUT2D eigenvalue weighted by Crippen LogP contribution is 2.26. The molecule has 1 N–H and O–H groups in total. The van der Waals surface area contributed by atoms with E-state index in [1.165, 1.54) is 6.07 Å². The van der Waals surface area contributed by atoms with E-state index < -0.39 is 0 Å². The molecule has 0 saturated heterocycles. The van der Waals surface area contributed by atoms with Gasteiger partial charge < -0.3 is 9.73 Å². The Bertz CT molecular complexity index is 889. The number of aryl methyl sites for hydroxylation is 3. The topological polar surface area (TPSA) is 42.2 Å². The molecule has 4 heteroatoms. The number of halogens is 1. The van der Waals surface area contributed by atoms with Gasteiger partial charge in [-0.2, -0.15) is 0 Å². The van der Waals surface area contributed by atoms with Crippen LogP contribution in [-0.4, -0.2) is 5.91 Å². The highest BCUT2D eigenvalue weighted by Gasteiger charge is 2.16. The summed E-state index contributed by atoms with van der Waals surface area (Å²) in [6.45, 7) is 5.91. The van der Waals surface area contributed by atoms with Crippen molar-refractivity contribution < 1.29 is 13.6 Å². The fourth-order valence-electron chi connectivity index (χ4n) is 2.82. The molecule has 0 aliphatic heterocycles. The fourth-order valence-corrected chi connectivity index (χ4v) is 2.82. The van der Waals surface area contributed by atoms with Gasteiger partial charge >= 0.3 is 0 Å². The van der Waals surface area contributed by atoms with Gasteiger partial charge in [0, 0.05) is 5.69 Å². The molecule has 0 atom stereocenters. The zero-order valence-electron chi connectivity index (χ0n) is 13.8. The van der Waals surface area contributed by atoms with Crippen LogP contribution in [0.2, 0.25) is 0 Å². The molecular weight excluding hydrogens is 305 g/mol. The number of nitrogens with one attached hydrogen (secondary N) is 1. The summed E-state index contributed by atoms with van der Waals surface area (Å²) in [6, 6.07) is 13.5. The van der Waals surface area contributed by atoms with Crippen molar-refractivity contribution in [1.82, 2.24) is 0 Å². The first-order valence-electron chi connectivity index (χ1n) is 7.69. The van der Waals surface area contributed by atoms with Crippen LogP contribution in [0.1, 0.15) is 27.2 Å². The predicted octanol–water partition coefficient (Wildman–Crippen LogP) is 5.26. The first kappa shape index (κ1) is 16.0. The molecule has 1 amide bonds. The van der Waals surface area contributed by atoms with Crippen molar-refractivity contribution in [3.63, 3.8) is 0 Å². The van der Waals surface area contributed by atoms with Crippen LogP contribution < -0.4 is 5.32 Å². The summed E-state index contributed by atoms with van der Waals surface area (Å²) in [5.74, 6) is -0.264. The third-order valence-electron chi connectivity index (χ3n) is 3.88. The standard InChI is InChI=1S/C20H18FNO2/c1-12-10-13(2)19(14(3)11-12)22-20(23)18-9-8-17(24-18)15-6-4-5-7-16(15)21/h4-11H,1-3H3,(H,22,23). The normalized spacial score (nSPS) is 10.7. The van der Waals surface area contributed by atoms with E-state index in [1.54, 1.807) is 30.3 Å². The van der Waals surface area contributed by atoms with Crippen molar-refractivity contribution in [1.29, 1.82) is 0 Å². The first-order valence-corrected chi connectivity index (χ1v) is 7.69. The van der Waals surface area contributed by atoms with E-state index in [0.29, 0.717) is 11.3 Å². The van der Waals surface area contributed by atoms with Gasteiger partial charge in [0.15, 0.2) is 5.76 Å². The third kappa shape index (κ3) is 3.08. The van der Waals surface area contributed by atoms with Gasteiger partial charge in [0.1, 0.15) is 11.6 Å². The van der Waals surface area contributed by atoms with E-state index in [-0.39, 0.29) is 17.5 Å². The zero-order chi connectivity index (χ0) is 17.3. The Labute approximate surface area is 140 Å². The lowest BCUT2D eigenvalue weighted by Crippen LogP contribution is -2.13. The van der Waals surface area contributed by atoms with Crippen molar-refractivity contribution in [2.45, 2.75) is 20.8 Å². The van der Waals surface area contributed by atoms with Gasteiger partial charge in [-0.3, -0.25) is 4.79 Å². The van der Waals surface area contributed by atoms with Crippen LogP contribution in [0.15, 0.2) is 52.9 Å². The summed E-state index contributed by atoms with van der Waals surface area (Å²) in [5.41, 5.74) is 4.22. The molecule has 1 heterocycles. The van der Waals surface area contributed by atoms with Crippen molar-refractivity contribution in [2.75, 3.05) is 5.32 Å². The van der Waals surface area contributed by atoms with Crippen LogP contribution in [0, 0.1) is 26.6 Å². The van der Waals surface area contributed by atoms with E-state index in [1.807, 2.05) is 32.9 Å². The Balaban J connectivity index is 1.86. The van der Waals surface area contributed by atoms with Gasteiger partial charge in [-0.25, -0.2) is 4.39 Å². The molecule has 24 heavy (non-hydrogen) atoms. The number of furan rings is 1. The molecule has 0 radical (unpaired) electrons. The number of carbonyl (C=O) groups is 1. The van der Waals surface area contributed by atoms with Gasteiger partial charge in [-0.1, -0.05) is 29.8 Å². The molecule has 3 rings (SSSR count). The highest BCUT2D eigenvalue weighted by atomic mass is 19.1. The molecule has 3 aromatic rings. The van der Waals surface area contributed by atoms with Crippen LogP contribution >= 0.6 is 0 Å². The number of hydrogen-bond acceptors (Lipinski definition) is 2. The SMILES string of the molecule is Cc1cc(C)c(NC(=O)c2ccc(-c3ccccc3F)o2)c(C)c1. The minimum absolute atomic E-state index is 0.146. The molecule has 0 unspecified atom stereocenters. The minimum Gasteiger partial charge on any atom is -0.451 e. The molecule has 0 aliphatic carbocycles. The summed E-state index contributed by atoms with van der Waals surface area (Å²) >= 11 is 0. The predicted molar refractivity (Wildman–Crippen MR) is 92.7 cm³/mol. The fraction of sp³-hybridized carbons (Fsp3) is 0.150. The molecule has 0 saturated carbocycles. The smallest absolute Gasteiger partial charge is 0.291 e. The molecule has 0 fully saturated rings. The second-order valence-electron chi connectivity index (χ2n) is 5.87. The van der Waals surface area contributed by atoms with Crippen LogP contribution in [-0.2, 0) is 0 Å². The van der Waals surface area contributed by atoms with Gasteiger partial charge in [-0.05, 0) is 56.2 Å². The average Bonchev–Trinajstić information content (AvgIpc) is 3.01. The largest absolute Gasteiger partial charge is 0.451 e. The van der Waals surface area contributed by atoms with Gasteiger partial charge in [0.25, 0.3) is 5.91 Å². The number of benzene rings is 2. The van der Waals surface area contributed by atoms with E-state index in [2.05, 4.69) is 5.32 Å². The van der Waals surface area contributed by atoms with Gasteiger partial charge in [0.05, 0.1) is 5.56 Å². The van der Waals surface area contributed by atoms with Crippen molar-refractivity contribution in [3.8, 4) is 11.3 Å². The number of carbonyl (C=O) groups excluding carboxylic acids is 1. The van der Waals surface area contributed by atoms with Crippen LogP contribution in [0.25, 0.3) is 11.3 Å². The summed E-state index contributed by atoms with van der Waals surface area (Å²) in [4.78, 5) is 12.4. The Hall–Kier alpha value is -2.88. The Kier molecular flexibility index (Phi) is 4.21. The van der Waals surface area contributed by atoms with E-state index >= 15 is 0 Å². The molecular formula is C20H18FNO2. The van der Waals surface area contributed by atoms with Crippen molar-refractivity contribution in [2.24, 2.45) is 0 Å². The monoisotopic (exact) mass is 323 g/mol. The summed E-state index contributed by atoms with van der Waals surface area (Å²) < 4.78 is 19.4. The lowest BCUT2D eigenvalue weighted by atomic mass is 10.1. The Morgan fingerprint density at radius 1 is 1.00 bits per heavy atom. The first-order chi connectivity index (χ1) is 11.5. The molecule has 0 bridgehead atoms. The van der Waals surface area contributed by atoms with Gasteiger partial charge in [-0.15, -0.1) is 0 Å². The lowest BCUT2D eigenvalue weighted by molar-refractivity contribution is 0.0997.